The first-order chi connectivity index (χ1) is 9.33. The van der Waals surface area contributed by atoms with E-state index in [0.717, 1.165) is 19.5 Å². The van der Waals surface area contributed by atoms with Crippen LogP contribution in [0.3, 0.4) is 0 Å². The van der Waals surface area contributed by atoms with Crippen molar-refractivity contribution in [2.45, 2.75) is 6.42 Å². The lowest BCUT2D eigenvalue weighted by atomic mass is 10.1. The fourth-order valence-electron chi connectivity index (χ4n) is 2.04. The highest BCUT2D eigenvalue weighted by Crippen LogP contribution is 2.13. The van der Waals surface area contributed by atoms with Crippen LogP contribution in [0.5, 0.6) is 0 Å². The lowest BCUT2D eigenvalue weighted by Crippen LogP contribution is -2.24. The average Bonchev–Trinajstić information content (AvgIpc) is 3.13. The summed E-state index contributed by atoms with van der Waals surface area (Å²) >= 11 is 0. The maximum Gasteiger partial charge on any atom is 0.228 e. The second kappa shape index (κ2) is 7.92. The number of hydrogen-bond donors (Lipinski definition) is 2. The lowest BCUT2D eigenvalue weighted by Gasteiger charge is -2.09. The van der Waals surface area contributed by atoms with Gasteiger partial charge in [-0.05, 0) is 25.1 Å². The second-order valence-electron chi connectivity index (χ2n) is 4.42. The van der Waals surface area contributed by atoms with Crippen LogP contribution in [-0.2, 0) is 4.79 Å². The molecule has 1 aliphatic heterocycles. The molecule has 2 N–H and O–H groups in total. The third-order valence-electron chi connectivity index (χ3n) is 3.10. The van der Waals surface area contributed by atoms with Crippen LogP contribution < -0.4 is 10.6 Å². The summed E-state index contributed by atoms with van der Waals surface area (Å²) in [6.45, 7) is 1.65. The third kappa shape index (κ3) is 4.13. The first-order valence-electron chi connectivity index (χ1n) is 6.15. The molecule has 0 aromatic carbocycles. The van der Waals surface area contributed by atoms with Crippen molar-refractivity contribution in [1.82, 2.24) is 25.1 Å². The molecule has 1 fully saturated rings. The van der Waals surface area contributed by atoms with Gasteiger partial charge in [-0.1, -0.05) is 0 Å². The first kappa shape index (κ1) is 17.4. The lowest BCUT2D eigenvalue weighted by molar-refractivity contribution is -0.119. The van der Waals surface area contributed by atoms with E-state index in [1.165, 1.54) is 6.33 Å². The van der Waals surface area contributed by atoms with Gasteiger partial charge in [-0.3, -0.25) is 4.79 Å². The zero-order valence-electron chi connectivity index (χ0n) is 11.1. The van der Waals surface area contributed by atoms with Crippen LogP contribution in [0.25, 0.3) is 5.82 Å². The van der Waals surface area contributed by atoms with Crippen LogP contribution in [0.1, 0.15) is 6.42 Å². The Bertz CT molecular complexity index is 554. The van der Waals surface area contributed by atoms with E-state index in [0.29, 0.717) is 11.5 Å². The Kier molecular flexibility index (Phi) is 6.54. The Morgan fingerprint density at radius 2 is 2.24 bits per heavy atom. The summed E-state index contributed by atoms with van der Waals surface area (Å²) in [6, 6.07) is 3.60. The Morgan fingerprint density at radius 1 is 1.38 bits per heavy atom. The molecule has 1 saturated heterocycles. The van der Waals surface area contributed by atoms with E-state index in [4.69, 9.17) is 0 Å². The highest BCUT2D eigenvalue weighted by atomic mass is 35.5. The molecular weight excluding hydrogens is 315 g/mol. The first-order valence-corrected chi connectivity index (χ1v) is 6.15. The molecule has 114 valence electrons. The van der Waals surface area contributed by atoms with Crippen LogP contribution >= 0.6 is 24.8 Å². The van der Waals surface area contributed by atoms with Crippen LogP contribution in [0.2, 0.25) is 0 Å². The number of halogens is 2. The summed E-state index contributed by atoms with van der Waals surface area (Å²) in [5, 5.41) is 10.0. The van der Waals surface area contributed by atoms with Crippen molar-refractivity contribution in [3.63, 3.8) is 0 Å². The van der Waals surface area contributed by atoms with E-state index in [-0.39, 0.29) is 36.6 Å². The largest absolute Gasteiger partial charge is 0.324 e. The van der Waals surface area contributed by atoms with Gasteiger partial charge in [-0.25, -0.2) is 14.6 Å². The van der Waals surface area contributed by atoms with Crippen molar-refractivity contribution in [3.05, 3.63) is 31.0 Å². The van der Waals surface area contributed by atoms with E-state index < -0.39 is 0 Å². The van der Waals surface area contributed by atoms with Crippen molar-refractivity contribution >= 4 is 36.4 Å². The average molecular weight is 331 g/mol. The minimum Gasteiger partial charge on any atom is -0.324 e. The van der Waals surface area contributed by atoms with Gasteiger partial charge in [0, 0.05) is 6.54 Å². The van der Waals surface area contributed by atoms with Crippen LogP contribution in [0.4, 0.5) is 5.69 Å². The molecular formula is C12H16Cl2N6O. The summed E-state index contributed by atoms with van der Waals surface area (Å²) in [5.41, 5.74) is 0.695. The van der Waals surface area contributed by atoms with E-state index in [1.807, 2.05) is 6.07 Å². The van der Waals surface area contributed by atoms with E-state index in [2.05, 4.69) is 25.7 Å². The molecule has 3 rings (SSSR count). The van der Waals surface area contributed by atoms with Crippen molar-refractivity contribution in [3.8, 4) is 5.82 Å². The molecule has 3 heterocycles. The Balaban J connectivity index is 0.00000110. The minimum atomic E-state index is 0. The molecule has 1 unspecified atom stereocenters. The molecule has 2 aromatic rings. The van der Waals surface area contributed by atoms with Gasteiger partial charge in [-0.2, -0.15) is 5.10 Å². The molecule has 2 aromatic heterocycles. The number of hydrogen-bond acceptors (Lipinski definition) is 5. The Morgan fingerprint density at radius 3 is 2.81 bits per heavy atom. The number of aromatic nitrogens is 4. The summed E-state index contributed by atoms with van der Waals surface area (Å²) in [5.74, 6) is 0.758. The monoisotopic (exact) mass is 330 g/mol. The molecule has 1 amide bonds. The summed E-state index contributed by atoms with van der Waals surface area (Å²) in [4.78, 5) is 20.0. The highest BCUT2D eigenvalue weighted by Gasteiger charge is 2.22. The maximum atomic E-state index is 11.9. The highest BCUT2D eigenvalue weighted by molar-refractivity contribution is 5.92. The summed E-state index contributed by atoms with van der Waals surface area (Å²) < 4.78 is 1.56. The van der Waals surface area contributed by atoms with Gasteiger partial charge >= 0.3 is 0 Å². The SMILES string of the molecule is Cl.Cl.O=C(Nc1ccc(-n2cncn2)nc1)C1CCNC1. The Hall–Kier alpha value is -1.70. The fourth-order valence-corrected chi connectivity index (χ4v) is 2.04. The molecule has 0 radical (unpaired) electrons. The maximum absolute atomic E-state index is 11.9. The van der Waals surface area contributed by atoms with Gasteiger partial charge in [0.2, 0.25) is 5.91 Å². The van der Waals surface area contributed by atoms with Gasteiger partial charge in [0.15, 0.2) is 5.82 Å². The molecule has 9 heteroatoms. The Labute approximate surface area is 134 Å². The smallest absolute Gasteiger partial charge is 0.228 e. The number of pyridine rings is 1. The van der Waals surface area contributed by atoms with E-state index in [9.17, 15) is 4.79 Å². The zero-order chi connectivity index (χ0) is 13.1. The number of nitrogens with one attached hydrogen (secondary N) is 2. The molecule has 0 aliphatic carbocycles. The third-order valence-corrected chi connectivity index (χ3v) is 3.10. The van der Waals surface area contributed by atoms with E-state index >= 15 is 0 Å². The molecule has 1 aliphatic rings. The number of anilines is 1. The van der Waals surface area contributed by atoms with Crippen LogP contribution in [0.15, 0.2) is 31.0 Å². The molecule has 0 saturated carbocycles. The van der Waals surface area contributed by atoms with Crippen molar-refractivity contribution < 1.29 is 4.79 Å². The van der Waals surface area contributed by atoms with Crippen LogP contribution in [-0.4, -0.2) is 38.7 Å². The summed E-state index contributed by atoms with van der Waals surface area (Å²) in [7, 11) is 0. The van der Waals surface area contributed by atoms with E-state index in [1.54, 1.807) is 23.3 Å². The quantitative estimate of drug-likeness (QED) is 0.878. The fraction of sp³-hybridized carbons (Fsp3) is 0.333. The predicted molar refractivity (Wildman–Crippen MR) is 83.3 cm³/mol. The standard InChI is InChI=1S/C12H14N6O.2ClH/c19-12(9-3-4-13-5-9)17-10-1-2-11(15-6-10)18-8-14-7-16-18;;/h1-2,6-9,13H,3-5H2,(H,17,19);2*1H. The molecule has 7 nitrogen and oxygen atoms in total. The molecule has 1 atom stereocenters. The van der Waals surface area contributed by atoms with Gasteiger partial charge < -0.3 is 10.6 Å². The number of amides is 1. The van der Waals surface area contributed by atoms with Crippen molar-refractivity contribution in [1.29, 1.82) is 0 Å². The van der Waals surface area contributed by atoms with Crippen molar-refractivity contribution in [2.75, 3.05) is 18.4 Å². The topological polar surface area (TPSA) is 84.7 Å². The molecule has 0 bridgehead atoms. The number of nitrogens with zero attached hydrogens (tertiary/aromatic N) is 4. The van der Waals surface area contributed by atoms with Crippen LogP contribution in [0, 0.1) is 5.92 Å². The number of carbonyl (C=O) groups is 1. The number of rotatable bonds is 3. The van der Waals surface area contributed by atoms with Crippen molar-refractivity contribution in [2.24, 2.45) is 5.92 Å². The molecule has 0 spiro atoms. The second-order valence-corrected chi connectivity index (χ2v) is 4.42. The van der Waals surface area contributed by atoms with Gasteiger partial charge in [0.1, 0.15) is 12.7 Å². The predicted octanol–water partition coefficient (Wildman–Crippen LogP) is 1.05. The normalized spacial score (nSPS) is 16.7. The zero-order valence-corrected chi connectivity index (χ0v) is 12.7. The van der Waals surface area contributed by atoms with Gasteiger partial charge in [0.25, 0.3) is 0 Å². The van der Waals surface area contributed by atoms with Gasteiger partial charge in [-0.15, -0.1) is 24.8 Å². The molecule has 21 heavy (non-hydrogen) atoms. The minimum absolute atomic E-state index is 0. The summed E-state index contributed by atoms with van der Waals surface area (Å²) in [6.07, 6.45) is 5.53. The number of carbonyl (C=O) groups excluding carboxylic acids is 1. The van der Waals surface area contributed by atoms with Gasteiger partial charge in [0.05, 0.1) is 17.8 Å².